The maximum atomic E-state index is 12.8. The molecule has 1 aromatic heterocycles. The van der Waals surface area contributed by atoms with Gasteiger partial charge in [-0.15, -0.1) is 0 Å². The number of hydrogen-bond donors (Lipinski definition) is 2. The fourth-order valence-electron chi connectivity index (χ4n) is 2.74. The fourth-order valence-corrected chi connectivity index (χ4v) is 3.00. The van der Waals surface area contributed by atoms with Crippen molar-refractivity contribution in [1.82, 2.24) is 4.57 Å². The molecule has 0 bridgehead atoms. The van der Waals surface area contributed by atoms with Crippen LogP contribution in [0.1, 0.15) is 24.2 Å². The summed E-state index contributed by atoms with van der Waals surface area (Å²) in [6.45, 7) is 3.63. The first kappa shape index (κ1) is 20.5. The number of aromatic nitrogens is 1. The summed E-state index contributed by atoms with van der Waals surface area (Å²) in [5.41, 5.74) is 2.17. The Labute approximate surface area is 174 Å². The second-order valence-corrected chi connectivity index (χ2v) is 7.18. The summed E-state index contributed by atoms with van der Waals surface area (Å²) < 4.78 is 7.25. The maximum absolute atomic E-state index is 12.8. The number of carbonyl (C=O) groups excluding carboxylic acids is 2. The lowest BCUT2D eigenvalue weighted by Gasteiger charge is -2.14. The largest absolute Gasteiger partial charge is 0.496 e. The highest BCUT2D eigenvalue weighted by atomic mass is 35.5. The van der Waals surface area contributed by atoms with E-state index >= 15 is 0 Å². The summed E-state index contributed by atoms with van der Waals surface area (Å²) in [5, 5.41) is 6.05. The van der Waals surface area contributed by atoms with E-state index in [1.54, 1.807) is 36.4 Å². The molecule has 0 fully saturated rings. The summed E-state index contributed by atoms with van der Waals surface area (Å²) in [6.07, 6.45) is 3.72. The highest BCUT2D eigenvalue weighted by molar-refractivity contribution is 6.33. The molecule has 2 amide bonds. The molecule has 0 saturated carbocycles. The summed E-state index contributed by atoms with van der Waals surface area (Å²) in [6, 6.07) is 14.0. The van der Waals surface area contributed by atoms with Crippen LogP contribution >= 0.6 is 11.6 Å². The number of rotatable bonds is 6. The third-order valence-electron chi connectivity index (χ3n) is 4.31. The van der Waals surface area contributed by atoms with E-state index in [4.69, 9.17) is 16.3 Å². The zero-order chi connectivity index (χ0) is 21.0. The Morgan fingerprint density at radius 3 is 2.28 bits per heavy atom. The first-order chi connectivity index (χ1) is 13.9. The monoisotopic (exact) mass is 411 g/mol. The lowest BCUT2D eigenvalue weighted by Crippen LogP contribution is -2.18. The zero-order valence-corrected chi connectivity index (χ0v) is 17.2. The molecule has 7 heteroatoms. The summed E-state index contributed by atoms with van der Waals surface area (Å²) in [4.78, 5) is 24.7. The Kier molecular flexibility index (Phi) is 6.24. The van der Waals surface area contributed by atoms with Gasteiger partial charge in [-0.3, -0.25) is 9.59 Å². The van der Waals surface area contributed by atoms with Crippen LogP contribution in [0.15, 0.2) is 60.9 Å². The van der Waals surface area contributed by atoms with Crippen molar-refractivity contribution in [3.63, 3.8) is 0 Å². The van der Waals surface area contributed by atoms with E-state index in [9.17, 15) is 9.59 Å². The van der Waals surface area contributed by atoms with Crippen molar-refractivity contribution in [3.8, 4) is 11.4 Å². The van der Waals surface area contributed by atoms with Gasteiger partial charge in [-0.1, -0.05) is 31.5 Å². The van der Waals surface area contributed by atoms with Crippen LogP contribution in [0.25, 0.3) is 5.69 Å². The van der Waals surface area contributed by atoms with Crippen LogP contribution in [-0.4, -0.2) is 23.5 Å². The van der Waals surface area contributed by atoms with Crippen molar-refractivity contribution in [2.24, 2.45) is 5.92 Å². The van der Waals surface area contributed by atoms with Crippen molar-refractivity contribution in [3.05, 3.63) is 71.5 Å². The van der Waals surface area contributed by atoms with Crippen LogP contribution in [0.3, 0.4) is 0 Å². The standard InChI is InChI=1S/C22H22ClN3O3/c1-14(2)21(27)24-15-7-6-8-16(11-15)25-22(28)17-12-18(23)19(13-20(17)29-3)26-9-4-5-10-26/h4-14H,1-3H3,(H,24,27)(H,25,28). The summed E-state index contributed by atoms with van der Waals surface area (Å²) in [7, 11) is 1.50. The normalized spacial score (nSPS) is 10.7. The number of halogens is 1. The molecule has 2 aromatic carbocycles. The number of hydrogen-bond acceptors (Lipinski definition) is 3. The van der Waals surface area contributed by atoms with E-state index < -0.39 is 0 Å². The lowest BCUT2D eigenvalue weighted by atomic mass is 10.1. The lowest BCUT2D eigenvalue weighted by molar-refractivity contribution is -0.118. The van der Waals surface area contributed by atoms with Gasteiger partial charge in [0.25, 0.3) is 5.91 Å². The van der Waals surface area contributed by atoms with Gasteiger partial charge >= 0.3 is 0 Å². The second-order valence-electron chi connectivity index (χ2n) is 6.77. The Bertz CT molecular complexity index is 1030. The smallest absolute Gasteiger partial charge is 0.259 e. The molecule has 3 aromatic rings. The van der Waals surface area contributed by atoms with Gasteiger partial charge in [0.1, 0.15) is 5.75 Å². The van der Waals surface area contributed by atoms with Gasteiger partial charge in [0.15, 0.2) is 0 Å². The molecule has 3 rings (SSSR count). The van der Waals surface area contributed by atoms with Crippen LogP contribution in [0.4, 0.5) is 11.4 Å². The molecule has 0 aliphatic rings. The molecule has 0 saturated heterocycles. The Balaban J connectivity index is 1.84. The minimum absolute atomic E-state index is 0.0949. The number of methoxy groups -OCH3 is 1. The van der Waals surface area contributed by atoms with E-state index in [2.05, 4.69) is 10.6 Å². The number of anilines is 2. The van der Waals surface area contributed by atoms with Crippen LogP contribution in [0.5, 0.6) is 5.75 Å². The molecule has 6 nitrogen and oxygen atoms in total. The molecule has 1 heterocycles. The van der Waals surface area contributed by atoms with Gasteiger partial charge < -0.3 is 19.9 Å². The molecule has 2 N–H and O–H groups in total. The SMILES string of the molecule is COc1cc(-n2cccc2)c(Cl)cc1C(=O)Nc1cccc(NC(=O)C(C)C)c1. The van der Waals surface area contributed by atoms with Crippen LogP contribution in [0.2, 0.25) is 5.02 Å². The van der Waals surface area contributed by atoms with Crippen molar-refractivity contribution in [1.29, 1.82) is 0 Å². The molecule has 0 radical (unpaired) electrons. The predicted octanol–water partition coefficient (Wildman–Crippen LogP) is 4.99. The van der Waals surface area contributed by atoms with Gasteiger partial charge in [-0.25, -0.2) is 0 Å². The zero-order valence-electron chi connectivity index (χ0n) is 16.4. The summed E-state index contributed by atoms with van der Waals surface area (Å²) in [5.74, 6) is -0.198. The molecule has 0 atom stereocenters. The predicted molar refractivity (Wildman–Crippen MR) is 115 cm³/mol. The van der Waals surface area contributed by atoms with Crippen LogP contribution in [-0.2, 0) is 4.79 Å². The van der Waals surface area contributed by atoms with Gasteiger partial charge in [0, 0.05) is 35.8 Å². The molecule has 150 valence electrons. The van der Waals surface area contributed by atoms with E-state index in [-0.39, 0.29) is 17.7 Å². The Morgan fingerprint density at radius 1 is 1.00 bits per heavy atom. The van der Waals surface area contributed by atoms with E-state index in [1.165, 1.54) is 7.11 Å². The number of amides is 2. The second kappa shape index (κ2) is 8.84. The highest BCUT2D eigenvalue weighted by Crippen LogP contribution is 2.30. The minimum atomic E-state index is -0.366. The highest BCUT2D eigenvalue weighted by Gasteiger charge is 2.17. The third-order valence-corrected chi connectivity index (χ3v) is 4.61. The van der Waals surface area contributed by atoms with Crippen molar-refractivity contribution >= 4 is 34.8 Å². The molecular weight excluding hydrogens is 390 g/mol. The average molecular weight is 412 g/mol. The van der Waals surface area contributed by atoms with Gasteiger partial charge in [-0.05, 0) is 36.4 Å². The molecule has 0 unspecified atom stereocenters. The molecule has 0 aliphatic carbocycles. The van der Waals surface area contributed by atoms with E-state index in [1.807, 2.05) is 42.9 Å². The molecular formula is C22H22ClN3O3. The van der Waals surface area contributed by atoms with Crippen molar-refractivity contribution in [2.75, 3.05) is 17.7 Å². The van der Waals surface area contributed by atoms with Gasteiger partial charge in [0.05, 0.1) is 23.4 Å². The van der Waals surface area contributed by atoms with Crippen molar-refractivity contribution in [2.45, 2.75) is 13.8 Å². The molecule has 0 spiro atoms. The number of nitrogens with zero attached hydrogens (tertiary/aromatic N) is 1. The third kappa shape index (κ3) is 4.78. The average Bonchev–Trinajstić information content (AvgIpc) is 3.22. The fraction of sp³-hybridized carbons (Fsp3) is 0.182. The quantitative estimate of drug-likeness (QED) is 0.600. The van der Waals surface area contributed by atoms with Gasteiger partial charge in [0.2, 0.25) is 5.91 Å². The Hall–Kier alpha value is -3.25. The molecule has 29 heavy (non-hydrogen) atoms. The first-order valence-corrected chi connectivity index (χ1v) is 9.50. The Morgan fingerprint density at radius 2 is 1.66 bits per heavy atom. The van der Waals surface area contributed by atoms with Crippen LogP contribution in [0, 0.1) is 5.92 Å². The van der Waals surface area contributed by atoms with Crippen LogP contribution < -0.4 is 15.4 Å². The van der Waals surface area contributed by atoms with Gasteiger partial charge in [-0.2, -0.15) is 0 Å². The topological polar surface area (TPSA) is 72.4 Å². The first-order valence-electron chi connectivity index (χ1n) is 9.12. The number of nitrogens with one attached hydrogen (secondary N) is 2. The maximum Gasteiger partial charge on any atom is 0.259 e. The van der Waals surface area contributed by atoms with E-state index in [0.717, 1.165) is 0 Å². The number of ether oxygens (including phenoxy) is 1. The summed E-state index contributed by atoms with van der Waals surface area (Å²) >= 11 is 6.41. The number of carbonyl (C=O) groups is 2. The number of benzene rings is 2. The minimum Gasteiger partial charge on any atom is -0.496 e. The molecule has 0 aliphatic heterocycles. The van der Waals surface area contributed by atoms with Crippen molar-refractivity contribution < 1.29 is 14.3 Å². The van der Waals surface area contributed by atoms with E-state index in [0.29, 0.717) is 33.4 Å².